The van der Waals surface area contributed by atoms with E-state index < -0.39 is 0 Å². The van der Waals surface area contributed by atoms with Crippen LogP contribution >= 0.6 is 11.6 Å². The summed E-state index contributed by atoms with van der Waals surface area (Å²) >= 11 is 6.32. The highest BCUT2D eigenvalue weighted by molar-refractivity contribution is 6.31. The van der Waals surface area contributed by atoms with Crippen LogP contribution in [-0.4, -0.2) is 30.5 Å². The minimum atomic E-state index is 0.138. The molecule has 1 aliphatic carbocycles. The third-order valence-electron chi connectivity index (χ3n) is 4.52. The number of likely N-dealkylation sites (tertiary alicyclic amines) is 1. The fourth-order valence-corrected chi connectivity index (χ4v) is 3.35. The quantitative estimate of drug-likeness (QED) is 0.686. The summed E-state index contributed by atoms with van der Waals surface area (Å²) in [6.45, 7) is 2.86. The summed E-state index contributed by atoms with van der Waals surface area (Å²) in [5.74, 6) is 0.711. The van der Waals surface area contributed by atoms with Crippen LogP contribution in [0.1, 0.15) is 37.7 Å². The first-order valence-corrected chi connectivity index (χ1v) is 7.89. The van der Waals surface area contributed by atoms with E-state index in [4.69, 9.17) is 17.3 Å². The van der Waals surface area contributed by atoms with Crippen LogP contribution in [0.4, 0.5) is 0 Å². The summed E-state index contributed by atoms with van der Waals surface area (Å²) in [6, 6.07) is 8.13. The molecule has 2 N–H and O–H groups in total. The van der Waals surface area contributed by atoms with Gasteiger partial charge in [0.25, 0.3) is 0 Å². The van der Waals surface area contributed by atoms with E-state index in [-0.39, 0.29) is 5.41 Å². The molecule has 1 aromatic rings. The minimum absolute atomic E-state index is 0.138. The molecule has 0 unspecified atom stereocenters. The second kappa shape index (κ2) is 5.65. The van der Waals surface area contributed by atoms with Gasteiger partial charge in [-0.2, -0.15) is 0 Å². The lowest BCUT2D eigenvalue weighted by atomic mass is 9.96. The van der Waals surface area contributed by atoms with Crippen LogP contribution in [0.15, 0.2) is 29.3 Å². The van der Waals surface area contributed by atoms with Gasteiger partial charge < -0.3 is 10.6 Å². The molecule has 20 heavy (non-hydrogen) atoms. The first kappa shape index (κ1) is 13.7. The first-order valence-electron chi connectivity index (χ1n) is 7.51. The Morgan fingerprint density at radius 2 is 1.90 bits per heavy atom. The van der Waals surface area contributed by atoms with E-state index in [2.05, 4.69) is 22.0 Å². The smallest absolute Gasteiger partial charge is 0.191 e. The molecule has 3 nitrogen and oxygen atoms in total. The highest BCUT2D eigenvalue weighted by Gasteiger charge is 2.45. The van der Waals surface area contributed by atoms with Crippen molar-refractivity contribution in [3.05, 3.63) is 34.9 Å². The third-order valence-corrected chi connectivity index (χ3v) is 4.85. The van der Waals surface area contributed by atoms with Crippen molar-refractivity contribution >= 4 is 17.6 Å². The number of benzene rings is 1. The number of nitrogens with two attached hydrogens (primary N) is 1. The SMILES string of the molecule is NC(=NCC1(c2ccccc2Cl)CC1)N1CCCCC1. The third kappa shape index (κ3) is 2.78. The van der Waals surface area contributed by atoms with E-state index in [0.717, 1.165) is 37.5 Å². The molecule has 1 heterocycles. The van der Waals surface area contributed by atoms with Crippen LogP contribution in [-0.2, 0) is 5.41 Å². The van der Waals surface area contributed by atoms with Gasteiger partial charge in [-0.05, 0) is 43.7 Å². The van der Waals surface area contributed by atoms with Crippen LogP contribution in [0.25, 0.3) is 0 Å². The zero-order valence-corrected chi connectivity index (χ0v) is 12.6. The zero-order chi connectivity index (χ0) is 14.0. The second-order valence-corrected chi connectivity index (χ2v) is 6.39. The Hall–Kier alpha value is -1.22. The molecule has 4 heteroatoms. The number of guanidine groups is 1. The van der Waals surface area contributed by atoms with Gasteiger partial charge in [0, 0.05) is 23.5 Å². The number of hydrogen-bond acceptors (Lipinski definition) is 1. The molecule has 2 fully saturated rings. The van der Waals surface area contributed by atoms with Crippen molar-refractivity contribution in [2.75, 3.05) is 19.6 Å². The van der Waals surface area contributed by atoms with Crippen LogP contribution in [0.5, 0.6) is 0 Å². The maximum Gasteiger partial charge on any atom is 0.191 e. The van der Waals surface area contributed by atoms with Crippen LogP contribution in [0.3, 0.4) is 0 Å². The van der Waals surface area contributed by atoms with Gasteiger partial charge in [0.05, 0.1) is 6.54 Å². The van der Waals surface area contributed by atoms with Crippen molar-refractivity contribution in [2.45, 2.75) is 37.5 Å². The van der Waals surface area contributed by atoms with Crippen LogP contribution < -0.4 is 5.73 Å². The van der Waals surface area contributed by atoms with Gasteiger partial charge in [0.2, 0.25) is 0 Å². The molecule has 1 saturated heterocycles. The lowest BCUT2D eigenvalue weighted by Crippen LogP contribution is -2.41. The number of halogens is 1. The zero-order valence-electron chi connectivity index (χ0n) is 11.8. The molecule has 0 amide bonds. The summed E-state index contributed by atoms with van der Waals surface area (Å²) in [5, 5.41) is 0.858. The molecule has 1 aromatic carbocycles. The summed E-state index contributed by atoms with van der Waals surface area (Å²) < 4.78 is 0. The lowest BCUT2D eigenvalue weighted by Gasteiger charge is -2.28. The van der Waals surface area contributed by atoms with Crippen molar-refractivity contribution < 1.29 is 0 Å². The van der Waals surface area contributed by atoms with Crippen molar-refractivity contribution in [3.8, 4) is 0 Å². The molecular weight excluding hydrogens is 270 g/mol. The Balaban J connectivity index is 1.69. The molecule has 108 valence electrons. The Bertz CT molecular complexity index is 502. The van der Waals surface area contributed by atoms with E-state index in [1.165, 1.54) is 24.8 Å². The predicted molar refractivity (Wildman–Crippen MR) is 84.3 cm³/mol. The summed E-state index contributed by atoms with van der Waals surface area (Å²) in [5.41, 5.74) is 7.51. The average molecular weight is 292 g/mol. The Kier molecular flexibility index (Phi) is 3.88. The number of rotatable bonds is 3. The molecule has 0 aromatic heterocycles. The van der Waals surface area contributed by atoms with Crippen molar-refractivity contribution in [2.24, 2.45) is 10.7 Å². The molecule has 0 bridgehead atoms. The van der Waals surface area contributed by atoms with E-state index in [0.29, 0.717) is 5.96 Å². The fourth-order valence-electron chi connectivity index (χ4n) is 3.01. The van der Waals surface area contributed by atoms with Gasteiger partial charge in [-0.15, -0.1) is 0 Å². The number of aliphatic imine (C=N–C) groups is 1. The van der Waals surface area contributed by atoms with Gasteiger partial charge in [0.1, 0.15) is 0 Å². The van der Waals surface area contributed by atoms with Crippen LogP contribution in [0, 0.1) is 0 Å². The van der Waals surface area contributed by atoms with Gasteiger partial charge in [-0.25, -0.2) is 0 Å². The summed E-state index contributed by atoms with van der Waals surface area (Å²) in [6.07, 6.45) is 6.09. The summed E-state index contributed by atoms with van der Waals surface area (Å²) in [4.78, 5) is 6.88. The van der Waals surface area contributed by atoms with E-state index >= 15 is 0 Å². The molecule has 0 atom stereocenters. The number of piperidine rings is 1. The molecule has 2 aliphatic rings. The highest BCUT2D eigenvalue weighted by atomic mass is 35.5. The fraction of sp³-hybridized carbons (Fsp3) is 0.562. The van der Waals surface area contributed by atoms with Gasteiger partial charge in [0.15, 0.2) is 5.96 Å². The minimum Gasteiger partial charge on any atom is -0.370 e. The van der Waals surface area contributed by atoms with E-state index in [9.17, 15) is 0 Å². The monoisotopic (exact) mass is 291 g/mol. The molecule has 0 spiro atoms. The molecule has 3 rings (SSSR count). The molecule has 1 aliphatic heterocycles. The maximum absolute atomic E-state index is 6.32. The standard InChI is InChI=1S/C16H22ClN3/c17-14-7-3-2-6-13(14)16(8-9-16)12-19-15(18)20-10-4-1-5-11-20/h2-3,6-7H,1,4-5,8-12H2,(H2,18,19). The molecule has 0 radical (unpaired) electrons. The Labute approximate surface area is 125 Å². The topological polar surface area (TPSA) is 41.6 Å². The Morgan fingerprint density at radius 3 is 2.55 bits per heavy atom. The van der Waals surface area contributed by atoms with E-state index in [1.54, 1.807) is 0 Å². The van der Waals surface area contributed by atoms with Gasteiger partial charge in [-0.1, -0.05) is 29.8 Å². The van der Waals surface area contributed by atoms with E-state index in [1.807, 2.05) is 12.1 Å². The normalized spacial score (nSPS) is 21.9. The highest BCUT2D eigenvalue weighted by Crippen LogP contribution is 2.50. The largest absolute Gasteiger partial charge is 0.370 e. The summed E-state index contributed by atoms with van der Waals surface area (Å²) in [7, 11) is 0. The Morgan fingerprint density at radius 1 is 1.20 bits per heavy atom. The van der Waals surface area contributed by atoms with Crippen molar-refractivity contribution in [3.63, 3.8) is 0 Å². The van der Waals surface area contributed by atoms with Crippen molar-refractivity contribution in [1.29, 1.82) is 0 Å². The maximum atomic E-state index is 6.32. The number of hydrogen-bond donors (Lipinski definition) is 1. The van der Waals surface area contributed by atoms with Crippen molar-refractivity contribution in [1.82, 2.24) is 4.90 Å². The van der Waals surface area contributed by atoms with Gasteiger partial charge >= 0.3 is 0 Å². The lowest BCUT2D eigenvalue weighted by molar-refractivity contribution is 0.337. The first-order chi connectivity index (χ1) is 9.71. The molecule has 1 saturated carbocycles. The second-order valence-electron chi connectivity index (χ2n) is 5.98. The average Bonchev–Trinajstić information content (AvgIpc) is 3.27. The molecular formula is C16H22ClN3. The van der Waals surface area contributed by atoms with Gasteiger partial charge in [-0.3, -0.25) is 4.99 Å². The predicted octanol–water partition coefficient (Wildman–Crippen LogP) is 3.17. The van der Waals surface area contributed by atoms with Crippen LogP contribution in [0.2, 0.25) is 5.02 Å². The number of nitrogens with zero attached hydrogens (tertiary/aromatic N) is 2.